The molecule has 7 heteroatoms. The largest absolute Gasteiger partial charge is 0.375 e. The van der Waals surface area contributed by atoms with Gasteiger partial charge < -0.3 is 11.1 Å². The quantitative estimate of drug-likeness (QED) is 0.900. The molecule has 100 valence electrons. The number of halogens is 2. The van der Waals surface area contributed by atoms with E-state index in [1.165, 1.54) is 11.3 Å². The second-order valence-corrected chi connectivity index (χ2v) is 4.76. The van der Waals surface area contributed by atoms with Crippen molar-refractivity contribution in [2.75, 3.05) is 5.73 Å². The van der Waals surface area contributed by atoms with Gasteiger partial charge >= 0.3 is 0 Å². The molecule has 0 saturated carbocycles. The van der Waals surface area contributed by atoms with Gasteiger partial charge in [-0.05, 0) is 18.2 Å². The van der Waals surface area contributed by atoms with Crippen molar-refractivity contribution in [3.63, 3.8) is 0 Å². The van der Waals surface area contributed by atoms with Crippen LogP contribution >= 0.6 is 11.3 Å². The highest BCUT2D eigenvalue weighted by atomic mass is 32.1. The van der Waals surface area contributed by atoms with Crippen molar-refractivity contribution in [3.8, 4) is 0 Å². The molecule has 0 atom stereocenters. The van der Waals surface area contributed by atoms with E-state index in [0.29, 0.717) is 10.8 Å². The Morgan fingerprint density at radius 2 is 2.21 bits per heavy atom. The summed E-state index contributed by atoms with van der Waals surface area (Å²) in [6.07, 6.45) is 0.0602. The van der Waals surface area contributed by atoms with E-state index in [1.54, 1.807) is 5.38 Å². The molecule has 3 N–H and O–H groups in total. The smallest absolute Gasteiger partial charge is 0.226 e. The molecule has 0 aliphatic heterocycles. The Morgan fingerprint density at radius 1 is 1.42 bits per heavy atom. The maximum Gasteiger partial charge on any atom is 0.226 e. The van der Waals surface area contributed by atoms with Crippen molar-refractivity contribution >= 4 is 22.4 Å². The summed E-state index contributed by atoms with van der Waals surface area (Å²) in [5.41, 5.74) is 6.10. The SMILES string of the molecule is Nc1nc(CC(=O)NCc2cc(F)ccc2F)cs1. The van der Waals surface area contributed by atoms with E-state index in [0.717, 1.165) is 18.2 Å². The van der Waals surface area contributed by atoms with Crippen LogP contribution in [0.1, 0.15) is 11.3 Å². The molecule has 0 bridgehead atoms. The second kappa shape index (κ2) is 5.75. The fourth-order valence-electron chi connectivity index (χ4n) is 1.50. The minimum atomic E-state index is -0.556. The van der Waals surface area contributed by atoms with Crippen molar-refractivity contribution in [1.29, 1.82) is 0 Å². The Hall–Kier alpha value is -2.02. The van der Waals surface area contributed by atoms with Gasteiger partial charge in [0.1, 0.15) is 11.6 Å². The first-order valence-corrected chi connectivity index (χ1v) is 6.33. The van der Waals surface area contributed by atoms with E-state index < -0.39 is 11.6 Å². The molecule has 19 heavy (non-hydrogen) atoms. The van der Waals surface area contributed by atoms with E-state index in [2.05, 4.69) is 10.3 Å². The number of carbonyl (C=O) groups is 1. The van der Waals surface area contributed by atoms with E-state index in [1.807, 2.05) is 0 Å². The molecular weight excluding hydrogens is 272 g/mol. The number of nitrogens with two attached hydrogens (primary N) is 1. The minimum Gasteiger partial charge on any atom is -0.375 e. The Kier molecular flexibility index (Phi) is 4.06. The molecule has 1 aromatic heterocycles. The van der Waals surface area contributed by atoms with Gasteiger partial charge in [0.15, 0.2) is 5.13 Å². The van der Waals surface area contributed by atoms with Gasteiger partial charge in [0.25, 0.3) is 0 Å². The minimum absolute atomic E-state index is 0.0602. The molecule has 0 saturated heterocycles. The molecule has 4 nitrogen and oxygen atoms in total. The third kappa shape index (κ3) is 3.72. The van der Waals surface area contributed by atoms with E-state index in [-0.39, 0.29) is 24.4 Å². The summed E-state index contributed by atoms with van der Waals surface area (Å²) < 4.78 is 26.2. The number of nitrogens with one attached hydrogen (secondary N) is 1. The molecule has 0 radical (unpaired) electrons. The van der Waals surface area contributed by atoms with Crippen LogP contribution in [0.15, 0.2) is 23.6 Å². The number of hydrogen-bond acceptors (Lipinski definition) is 4. The number of benzene rings is 1. The van der Waals surface area contributed by atoms with Crippen LogP contribution in [-0.4, -0.2) is 10.9 Å². The lowest BCUT2D eigenvalue weighted by Crippen LogP contribution is -2.25. The van der Waals surface area contributed by atoms with Crippen molar-refractivity contribution < 1.29 is 13.6 Å². The average Bonchev–Trinajstić information content (AvgIpc) is 2.76. The summed E-state index contributed by atoms with van der Waals surface area (Å²) in [7, 11) is 0. The number of thiazole rings is 1. The number of rotatable bonds is 4. The molecule has 0 fully saturated rings. The van der Waals surface area contributed by atoms with Gasteiger partial charge in [-0.2, -0.15) is 0 Å². The van der Waals surface area contributed by atoms with E-state index in [4.69, 9.17) is 5.73 Å². The zero-order chi connectivity index (χ0) is 13.8. The van der Waals surface area contributed by atoms with Gasteiger partial charge in [-0.1, -0.05) is 0 Å². The number of amides is 1. The Bertz CT molecular complexity index is 600. The molecule has 0 aliphatic rings. The molecule has 1 heterocycles. The topological polar surface area (TPSA) is 68.0 Å². The average molecular weight is 283 g/mol. The molecule has 2 rings (SSSR count). The second-order valence-electron chi connectivity index (χ2n) is 3.87. The number of nitrogen functional groups attached to an aromatic ring is 1. The van der Waals surface area contributed by atoms with Crippen LogP contribution in [0.4, 0.5) is 13.9 Å². The van der Waals surface area contributed by atoms with Crippen LogP contribution in [0.25, 0.3) is 0 Å². The van der Waals surface area contributed by atoms with Crippen LogP contribution in [0.3, 0.4) is 0 Å². The van der Waals surface area contributed by atoms with Crippen molar-refractivity contribution in [2.24, 2.45) is 0 Å². The van der Waals surface area contributed by atoms with Crippen molar-refractivity contribution in [3.05, 3.63) is 46.5 Å². The molecule has 0 unspecified atom stereocenters. The highest BCUT2D eigenvalue weighted by Gasteiger charge is 2.09. The third-order valence-electron chi connectivity index (χ3n) is 2.39. The lowest BCUT2D eigenvalue weighted by atomic mass is 10.2. The number of nitrogens with zero attached hydrogens (tertiary/aromatic N) is 1. The Balaban J connectivity index is 1.91. The highest BCUT2D eigenvalue weighted by molar-refractivity contribution is 7.13. The molecular formula is C12H11F2N3OS. The predicted octanol–water partition coefficient (Wildman–Crippen LogP) is 1.86. The summed E-state index contributed by atoms with van der Waals surface area (Å²) in [4.78, 5) is 15.5. The fraction of sp³-hybridized carbons (Fsp3) is 0.167. The van der Waals surface area contributed by atoms with Gasteiger partial charge in [0.05, 0.1) is 12.1 Å². The molecule has 1 aromatic carbocycles. The Morgan fingerprint density at radius 3 is 2.89 bits per heavy atom. The van der Waals surface area contributed by atoms with Crippen LogP contribution in [0, 0.1) is 11.6 Å². The van der Waals surface area contributed by atoms with Crippen molar-refractivity contribution in [2.45, 2.75) is 13.0 Å². The van der Waals surface area contributed by atoms with Crippen LogP contribution in [0.2, 0.25) is 0 Å². The Labute approximate surface area is 112 Å². The summed E-state index contributed by atoms with van der Waals surface area (Å²) >= 11 is 1.24. The lowest BCUT2D eigenvalue weighted by molar-refractivity contribution is -0.120. The summed E-state index contributed by atoms with van der Waals surface area (Å²) in [6, 6.07) is 3.10. The zero-order valence-electron chi connectivity index (χ0n) is 9.82. The standard InChI is InChI=1S/C12H11F2N3OS/c13-8-1-2-10(14)7(3-8)5-16-11(18)4-9-6-19-12(15)17-9/h1-3,6H,4-5H2,(H2,15,17)(H,16,18). The summed E-state index contributed by atoms with van der Waals surface area (Å²) in [6.45, 7) is -0.0674. The molecule has 2 aromatic rings. The summed E-state index contributed by atoms with van der Waals surface area (Å²) in [5.74, 6) is -1.42. The molecule has 0 spiro atoms. The summed E-state index contributed by atoms with van der Waals surface area (Å²) in [5, 5.41) is 4.57. The van der Waals surface area contributed by atoms with Gasteiger partial charge in [-0.3, -0.25) is 4.79 Å². The van der Waals surface area contributed by atoms with Gasteiger partial charge in [0, 0.05) is 17.5 Å². The number of aromatic nitrogens is 1. The van der Waals surface area contributed by atoms with Crippen LogP contribution < -0.4 is 11.1 Å². The van der Waals surface area contributed by atoms with Crippen LogP contribution in [-0.2, 0) is 17.8 Å². The predicted molar refractivity (Wildman–Crippen MR) is 68.4 cm³/mol. The zero-order valence-corrected chi connectivity index (χ0v) is 10.6. The van der Waals surface area contributed by atoms with E-state index >= 15 is 0 Å². The molecule has 1 amide bonds. The number of carbonyl (C=O) groups excluding carboxylic acids is 1. The third-order valence-corrected chi connectivity index (χ3v) is 3.12. The highest BCUT2D eigenvalue weighted by Crippen LogP contribution is 2.12. The lowest BCUT2D eigenvalue weighted by Gasteiger charge is -2.05. The van der Waals surface area contributed by atoms with Gasteiger partial charge in [0.2, 0.25) is 5.91 Å². The monoisotopic (exact) mass is 283 g/mol. The van der Waals surface area contributed by atoms with Crippen molar-refractivity contribution in [1.82, 2.24) is 10.3 Å². The fourth-order valence-corrected chi connectivity index (χ4v) is 2.07. The first-order chi connectivity index (χ1) is 9.04. The number of hydrogen-bond donors (Lipinski definition) is 2. The van der Waals surface area contributed by atoms with Gasteiger partial charge in [-0.25, -0.2) is 13.8 Å². The number of anilines is 1. The first kappa shape index (κ1) is 13.4. The van der Waals surface area contributed by atoms with E-state index in [9.17, 15) is 13.6 Å². The molecule has 0 aliphatic carbocycles. The maximum absolute atomic E-state index is 13.3. The maximum atomic E-state index is 13.3. The normalized spacial score (nSPS) is 10.4. The van der Waals surface area contributed by atoms with Gasteiger partial charge in [-0.15, -0.1) is 11.3 Å². The first-order valence-electron chi connectivity index (χ1n) is 5.45. The van der Waals surface area contributed by atoms with Crippen LogP contribution in [0.5, 0.6) is 0 Å².